The Kier molecular flexibility index (Phi) is 4.68. The molecule has 7 rings (SSSR count). The van der Waals surface area contributed by atoms with E-state index >= 15 is 0 Å². The predicted octanol–water partition coefficient (Wildman–Crippen LogP) is 6.73. The van der Waals surface area contributed by atoms with Gasteiger partial charge in [0, 0.05) is 26.9 Å². The van der Waals surface area contributed by atoms with Crippen molar-refractivity contribution in [1.29, 1.82) is 0 Å². The minimum atomic E-state index is 0.220. The molecule has 5 aromatic carbocycles. The molecule has 1 nitrogen and oxygen atoms in total. The third kappa shape index (κ3) is 3.26. The van der Waals surface area contributed by atoms with Crippen LogP contribution in [0.25, 0.3) is 11.1 Å². The summed E-state index contributed by atoms with van der Waals surface area (Å²) < 4.78 is 0. The van der Waals surface area contributed by atoms with E-state index in [0.717, 1.165) is 0 Å². The minimum Gasteiger partial charge on any atom is -0.311 e. The van der Waals surface area contributed by atoms with Gasteiger partial charge in [0.2, 0.25) is 6.71 Å². The molecule has 0 N–H and O–H groups in total. The maximum Gasteiger partial charge on any atom is 0.249 e. The molecule has 2 aliphatic rings. The van der Waals surface area contributed by atoms with Crippen LogP contribution in [0.3, 0.4) is 0 Å². The highest BCUT2D eigenvalue weighted by atomic mass is 32.2. The molecule has 0 saturated carbocycles. The van der Waals surface area contributed by atoms with Crippen molar-refractivity contribution >= 4 is 51.9 Å². The zero-order valence-corrected chi connectivity index (χ0v) is 20.6. The van der Waals surface area contributed by atoms with E-state index in [0.29, 0.717) is 0 Å². The topological polar surface area (TPSA) is 3.24 Å². The molecule has 0 saturated heterocycles. The highest BCUT2D eigenvalue weighted by molar-refractivity contribution is 8.00. The Labute approximate surface area is 211 Å². The summed E-state index contributed by atoms with van der Waals surface area (Å²) in [6.07, 6.45) is 0. The van der Waals surface area contributed by atoms with Crippen LogP contribution in [0.2, 0.25) is 0 Å². The minimum absolute atomic E-state index is 0.220. The van der Waals surface area contributed by atoms with Gasteiger partial charge >= 0.3 is 0 Å². The van der Waals surface area contributed by atoms with Gasteiger partial charge in [-0.25, -0.2) is 0 Å². The average molecular weight is 465 g/mol. The Hall–Kier alpha value is -3.69. The molecule has 166 valence electrons. The van der Waals surface area contributed by atoms with Crippen LogP contribution in [0.5, 0.6) is 0 Å². The number of hydrogen-bond donors (Lipinski definition) is 0. The summed E-state index contributed by atoms with van der Waals surface area (Å²) in [5.74, 6) is 0. The van der Waals surface area contributed by atoms with Gasteiger partial charge in [0.05, 0.1) is 0 Å². The Balaban J connectivity index is 1.50. The quantitative estimate of drug-likeness (QED) is 0.260. The van der Waals surface area contributed by atoms with Crippen LogP contribution in [0.15, 0.2) is 119 Å². The van der Waals surface area contributed by atoms with E-state index in [1.54, 1.807) is 0 Å². The first-order valence-corrected chi connectivity index (χ1v) is 13.0. The molecular weight excluding hydrogens is 441 g/mol. The lowest BCUT2D eigenvalue weighted by molar-refractivity contribution is 1.26. The average Bonchev–Trinajstić information content (AvgIpc) is 2.89. The highest BCUT2D eigenvalue weighted by Crippen LogP contribution is 2.41. The third-order valence-electron chi connectivity index (χ3n) is 7.25. The molecule has 35 heavy (non-hydrogen) atoms. The lowest BCUT2D eigenvalue weighted by Gasteiger charge is -2.40. The first kappa shape index (κ1) is 20.7. The number of anilines is 3. The predicted molar refractivity (Wildman–Crippen MR) is 151 cm³/mol. The fourth-order valence-corrected chi connectivity index (χ4v) is 6.74. The lowest BCUT2D eigenvalue weighted by Crippen LogP contribution is -2.59. The van der Waals surface area contributed by atoms with Gasteiger partial charge in [0.25, 0.3) is 0 Å². The fourth-order valence-electron chi connectivity index (χ4n) is 5.59. The molecule has 0 aromatic heterocycles. The van der Waals surface area contributed by atoms with Crippen molar-refractivity contribution in [3.63, 3.8) is 0 Å². The second-order valence-corrected chi connectivity index (χ2v) is 10.7. The smallest absolute Gasteiger partial charge is 0.249 e. The molecule has 0 fully saturated rings. The summed E-state index contributed by atoms with van der Waals surface area (Å²) >= 11 is 1.91. The van der Waals surface area contributed by atoms with Crippen molar-refractivity contribution < 1.29 is 0 Å². The van der Waals surface area contributed by atoms with Gasteiger partial charge in [-0.15, -0.1) is 0 Å². The Morgan fingerprint density at radius 2 is 1.37 bits per heavy atom. The van der Waals surface area contributed by atoms with Gasteiger partial charge in [0.15, 0.2) is 0 Å². The Morgan fingerprint density at radius 1 is 0.571 bits per heavy atom. The number of aryl methyl sites for hydroxylation is 2. The number of fused-ring (bicyclic) bond motifs is 4. The number of benzene rings is 5. The first-order valence-electron chi connectivity index (χ1n) is 12.1. The number of rotatable bonds is 2. The Bertz CT molecular complexity index is 1590. The molecule has 0 unspecified atom stereocenters. The highest BCUT2D eigenvalue weighted by Gasteiger charge is 2.40. The van der Waals surface area contributed by atoms with Gasteiger partial charge in [0.1, 0.15) is 0 Å². The zero-order valence-electron chi connectivity index (χ0n) is 19.8. The molecule has 2 aliphatic heterocycles. The molecule has 0 amide bonds. The molecular formula is C32H24BNS. The number of hydrogen-bond acceptors (Lipinski definition) is 2. The first-order chi connectivity index (χ1) is 17.2. The second-order valence-electron chi connectivity index (χ2n) is 9.58. The van der Waals surface area contributed by atoms with Crippen molar-refractivity contribution in [2.24, 2.45) is 0 Å². The summed E-state index contributed by atoms with van der Waals surface area (Å²) in [7, 11) is 0. The second kappa shape index (κ2) is 7.93. The van der Waals surface area contributed by atoms with Crippen molar-refractivity contribution in [1.82, 2.24) is 0 Å². The van der Waals surface area contributed by atoms with Gasteiger partial charge in [-0.3, -0.25) is 0 Å². The van der Waals surface area contributed by atoms with E-state index in [-0.39, 0.29) is 6.71 Å². The summed E-state index contributed by atoms with van der Waals surface area (Å²) in [5.41, 5.74) is 13.1. The van der Waals surface area contributed by atoms with E-state index in [9.17, 15) is 0 Å². The van der Waals surface area contributed by atoms with E-state index in [4.69, 9.17) is 0 Å². The van der Waals surface area contributed by atoms with Crippen molar-refractivity contribution in [3.05, 3.63) is 120 Å². The molecule has 0 bridgehead atoms. The normalized spacial score (nSPS) is 13.2. The standard InChI is InChI=1S/C32H24BNS/c1-21-11-15-25(16-12-21)34-28-17-13-22(2)19-26(28)33-27-20-24(23-7-4-3-5-8-23)14-18-30(27)35-31-10-6-9-29(34)32(31)33/h3-20H,1-2H3. The number of nitrogens with zero attached hydrogens (tertiary/aromatic N) is 1. The van der Waals surface area contributed by atoms with Crippen LogP contribution in [0.4, 0.5) is 17.1 Å². The van der Waals surface area contributed by atoms with Crippen LogP contribution < -0.4 is 21.3 Å². The maximum absolute atomic E-state index is 2.45. The van der Waals surface area contributed by atoms with Gasteiger partial charge in [-0.05, 0) is 72.3 Å². The summed E-state index contributed by atoms with van der Waals surface area (Å²) in [5, 5.41) is 0. The van der Waals surface area contributed by atoms with E-state index in [1.807, 2.05) is 11.8 Å². The summed E-state index contributed by atoms with van der Waals surface area (Å²) in [4.78, 5) is 5.17. The molecule has 0 aliphatic carbocycles. The summed E-state index contributed by atoms with van der Waals surface area (Å²) in [6.45, 7) is 4.57. The molecule has 0 spiro atoms. The summed E-state index contributed by atoms with van der Waals surface area (Å²) in [6, 6.07) is 40.4. The molecule has 2 heterocycles. The zero-order chi connectivity index (χ0) is 23.5. The van der Waals surface area contributed by atoms with Crippen molar-refractivity contribution in [3.8, 4) is 11.1 Å². The van der Waals surface area contributed by atoms with Crippen LogP contribution in [-0.2, 0) is 0 Å². The van der Waals surface area contributed by atoms with Crippen molar-refractivity contribution in [2.45, 2.75) is 23.6 Å². The molecule has 0 atom stereocenters. The van der Waals surface area contributed by atoms with Crippen LogP contribution >= 0.6 is 11.8 Å². The van der Waals surface area contributed by atoms with E-state index in [2.05, 4.69) is 128 Å². The van der Waals surface area contributed by atoms with Gasteiger partial charge in [-0.2, -0.15) is 0 Å². The van der Waals surface area contributed by atoms with E-state index in [1.165, 1.54) is 65.5 Å². The molecule has 0 radical (unpaired) electrons. The Morgan fingerprint density at radius 3 is 2.20 bits per heavy atom. The maximum atomic E-state index is 2.45. The third-order valence-corrected chi connectivity index (χ3v) is 8.42. The lowest BCUT2D eigenvalue weighted by atomic mass is 9.34. The van der Waals surface area contributed by atoms with E-state index < -0.39 is 0 Å². The van der Waals surface area contributed by atoms with Crippen LogP contribution in [0, 0.1) is 13.8 Å². The monoisotopic (exact) mass is 465 g/mol. The van der Waals surface area contributed by atoms with Crippen LogP contribution in [0.1, 0.15) is 11.1 Å². The van der Waals surface area contributed by atoms with Gasteiger partial charge < -0.3 is 4.90 Å². The SMILES string of the molecule is Cc1ccc(N2c3ccc(C)cc3B3c4cc(-c5ccccc5)ccc4Sc4cccc2c43)cc1. The molecule has 5 aromatic rings. The van der Waals surface area contributed by atoms with Gasteiger partial charge in [-0.1, -0.05) is 101 Å². The molecule has 3 heteroatoms. The van der Waals surface area contributed by atoms with Crippen molar-refractivity contribution in [2.75, 3.05) is 4.90 Å². The largest absolute Gasteiger partial charge is 0.311 e. The fraction of sp³-hybridized carbons (Fsp3) is 0.0625. The van der Waals surface area contributed by atoms with Crippen LogP contribution in [-0.4, -0.2) is 6.71 Å².